The van der Waals surface area contributed by atoms with Gasteiger partial charge in [0.25, 0.3) is 0 Å². The Kier molecular flexibility index (Phi) is 3.30. The lowest BCUT2D eigenvalue weighted by Crippen LogP contribution is -2.08. The van der Waals surface area contributed by atoms with Gasteiger partial charge in [0.15, 0.2) is 5.65 Å². The molecule has 0 unspecified atom stereocenters. The van der Waals surface area contributed by atoms with Crippen molar-refractivity contribution < 1.29 is 23.1 Å². The van der Waals surface area contributed by atoms with Gasteiger partial charge in [-0.3, -0.25) is 9.25 Å². The number of aromatic carboxylic acids is 1. The second-order valence-corrected chi connectivity index (χ2v) is 5.81. The minimum atomic E-state index is -4.52. The molecule has 0 bridgehead atoms. The van der Waals surface area contributed by atoms with Crippen LogP contribution in [-0.4, -0.2) is 30.4 Å². The third kappa shape index (κ3) is 2.40. The molecular weight excluding hydrogens is 349 g/mol. The average molecular weight is 360 g/mol. The molecule has 6 nitrogen and oxygen atoms in total. The van der Waals surface area contributed by atoms with Gasteiger partial charge in [0.05, 0.1) is 23.0 Å². The summed E-state index contributed by atoms with van der Waals surface area (Å²) in [6.07, 6.45) is -1.66. The van der Waals surface area contributed by atoms with Gasteiger partial charge in [0, 0.05) is 24.0 Å². The molecule has 4 rings (SSSR count). The van der Waals surface area contributed by atoms with Crippen LogP contribution in [-0.2, 0) is 13.2 Å². The van der Waals surface area contributed by atoms with Crippen molar-refractivity contribution >= 4 is 27.9 Å². The van der Waals surface area contributed by atoms with Crippen molar-refractivity contribution in [3.8, 4) is 5.69 Å². The Hall–Kier alpha value is -3.36. The fourth-order valence-electron chi connectivity index (χ4n) is 2.97. The zero-order chi connectivity index (χ0) is 18.6. The van der Waals surface area contributed by atoms with E-state index in [1.165, 1.54) is 18.2 Å². The summed E-state index contributed by atoms with van der Waals surface area (Å²) in [6.45, 7) is 0. The van der Waals surface area contributed by atoms with Crippen LogP contribution in [0.5, 0.6) is 0 Å². The predicted molar refractivity (Wildman–Crippen MR) is 87.3 cm³/mol. The van der Waals surface area contributed by atoms with Crippen molar-refractivity contribution in [2.45, 2.75) is 6.18 Å². The van der Waals surface area contributed by atoms with Gasteiger partial charge in [-0.15, -0.1) is 0 Å². The van der Waals surface area contributed by atoms with Crippen LogP contribution in [0, 0.1) is 0 Å². The molecule has 0 aliphatic rings. The lowest BCUT2D eigenvalue weighted by Gasteiger charge is -2.09. The topological polar surface area (TPSA) is 72.9 Å². The summed E-state index contributed by atoms with van der Waals surface area (Å²) in [5.74, 6) is -1.06. The van der Waals surface area contributed by atoms with Gasteiger partial charge in [-0.2, -0.15) is 18.3 Å². The van der Waals surface area contributed by atoms with E-state index >= 15 is 0 Å². The van der Waals surface area contributed by atoms with Gasteiger partial charge in [0.2, 0.25) is 0 Å². The van der Waals surface area contributed by atoms with Crippen molar-refractivity contribution in [3.05, 3.63) is 54.0 Å². The van der Waals surface area contributed by atoms with Crippen molar-refractivity contribution in [2.24, 2.45) is 7.05 Å². The van der Waals surface area contributed by atoms with Gasteiger partial charge < -0.3 is 5.11 Å². The average Bonchev–Trinajstić information content (AvgIpc) is 3.08. The molecule has 26 heavy (non-hydrogen) atoms. The summed E-state index contributed by atoms with van der Waals surface area (Å²) < 4.78 is 41.5. The summed E-state index contributed by atoms with van der Waals surface area (Å²) >= 11 is 0. The molecular formula is C17H11F3N4O2. The summed E-state index contributed by atoms with van der Waals surface area (Å²) in [5.41, 5.74) is 0.676. The second-order valence-electron chi connectivity index (χ2n) is 5.81. The Morgan fingerprint density at radius 3 is 2.54 bits per heavy atom. The number of halogens is 3. The number of carbonyl (C=O) groups is 1. The van der Waals surface area contributed by atoms with E-state index in [0.717, 1.165) is 12.3 Å². The third-order valence-corrected chi connectivity index (χ3v) is 4.09. The third-order valence-electron chi connectivity index (χ3n) is 4.09. The first-order valence-corrected chi connectivity index (χ1v) is 7.50. The van der Waals surface area contributed by atoms with E-state index in [2.05, 4.69) is 10.1 Å². The van der Waals surface area contributed by atoms with E-state index in [9.17, 15) is 23.1 Å². The summed E-state index contributed by atoms with van der Waals surface area (Å²) in [6, 6.07) is 6.79. The molecule has 0 amide bonds. The first-order chi connectivity index (χ1) is 12.3. The summed E-state index contributed by atoms with van der Waals surface area (Å²) in [7, 11) is 1.71. The number of carboxylic acids is 1. The van der Waals surface area contributed by atoms with Gasteiger partial charge in [0.1, 0.15) is 5.69 Å². The smallest absolute Gasteiger partial charge is 0.433 e. The molecule has 132 valence electrons. The van der Waals surface area contributed by atoms with Crippen molar-refractivity contribution in [1.29, 1.82) is 0 Å². The molecule has 3 heterocycles. The van der Waals surface area contributed by atoms with Crippen LogP contribution < -0.4 is 0 Å². The lowest BCUT2D eigenvalue weighted by molar-refractivity contribution is -0.141. The zero-order valence-corrected chi connectivity index (χ0v) is 13.3. The molecule has 4 aromatic rings. The highest BCUT2D eigenvalue weighted by Gasteiger charge is 2.32. The van der Waals surface area contributed by atoms with Crippen LogP contribution in [0.15, 0.2) is 42.7 Å². The van der Waals surface area contributed by atoms with Crippen molar-refractivity contribution in [1.82, 2.24) is 19.3 Å². The normalized spacial score (nSPS) is 12.2. The monoisotopic (exact) mass is 360 g/mol. The highest BCUT2D eigenvalue weighted by molar-refractivity contribution is 6.09. The highest BCUT2D eigenvalue weighted by Crippen LogP contribution is 2.33. The molecule has 0 atom stereocenters. The van der Waals surface area contributed by atoms with Crippen LogP contribution in [0.2, 0.25) is 0 Å². The van der Waals surface area contributed by atoms with Crippen molar-refractivity contribution in [2.75, 3.05) is 0 Å². The minimum Gasteiger partial charge on any atom is -0.478 e. The molecule has 9 heteroatoms. The Morgan fingerprint density at radius 2 is 1.92 bits per heavy atom. The van der Waals surface area contributed by atoms with E-state index in [1.54, 1.807) is 28.6 Å². The molecule has 3 aromatic heterocycles. The molecule has 0 spiro atoms. The molecule has 0 fully saturated rings. The molecule has 0 radical (unpaired) electrons. The van der Waals surface area contributed by atoms with E-state index in [1.807, 2.05) is 0 Å². The first kappa shape index (κ1) is 16.1. The maximum absolute atomic E-state index is 12.8. The quantitative estimate of drug-likeness (QED) is 0.592. The number of pyridine rings is 1. The number of alkyl halides is 3. The van der Waals surface area contributed by atoms with Crippen LogP contribution in [0.4, 0.5) is 13.2 Å². The fourth-order valence-corrected chi connectivity index (χ4v) is 2.97. The number of hydrogen-bond donors (Lipinski definition) is 1. The lowest BCUT2D eigenvalue weighted by atomic mass is 10.1. The van der Waals surface area contributed by atoms with Crippen LogP contribution in [0.3, 0.4) is 0 Å². The van der Waals surface area contributed by atoms with E-state index in [0.29, 0.717) is 27.6 Å². The number of aromatic nitrogens is 4. The van der Waals surface area contributed by atoms with Crippen LogP contribution in [0.1, 0.15) is 16.1 Å². The van der Waals surface area contributed by atoms with Crippen molar-refractivity contribution in [3.63, 3.8) is 0 Å². The molecule has 1 N–H and O–H groups in total. The molecule has 0 aliphatic carbocycles. The van der Waals surface area contributed by atoms with E-state index in [-0.39, 0.29) is 5.56 Å². The predicted octanol–water partition coefficient (Wildman–Crippen LogP) is 3.63. The Bertz CT molecular complexity index is 1160. The summed E-state index contributed by atoms with van der Waals surface area (Å²) in [5, 5.41) is 14.9. The number of nitrogens with zero attached hydrogens (tertiary/aromatic N) is 4. The van der Waals surface area contributed by atoms with Crippen LogP contribution in [0.25, 0.3) is 27.6 Å². The van der Waals surface area contributed by atoms with Gasteiger partial charge >= 0.3 is 12.1 Å². The van der Waals surface area contributed by atoms with Gasteiger partial charge in [-0.25, -0.2) is 9.78 Å². The Balaban J connectivity index is 2.00. The first-order valence-electron chi connectivity index (χ1n) is 7.50. The number of rotatable bonds is 2. The van der Waals surface area contributed by atoms with E-state index < -0.39 is 17.8 Å². The molecule has 0 saturated heterocycles. The standard InChI is InChI=1S/C17H11F3N4O2/c1-23-8-12-11-6-9(16(25)26)2-4-13(11)24(15(12)22-23)10-3-5-14(21-7-10)17(18,19)20/h2-8H,1H3,(H,25,26). The molecule has 0 saturated carbocycles. The van der Waals surface area contributed by atoms with Gasteiger partial charge in [-0.1, -0.05) is 0 Å². The summed E-state index contributed by atoms with van der Waals surface area (Å²) in [4.78, 5) is 14.7. The highest BCUT2D eigenvalue weighted by atomic mass is 19.4. The SMILES string of the molecule is Cn1cc2c3cc(C(=O)O)ccc3n(-c3ccc(C(F)(F)F)nc3)c2n1. The maximum Gasteiger partial charge on any atom is 0.433 e. The zero-order valence-electron chi connectivity index (χ0n) is 13.3. The second kappa shape index (κ2) is 5.32. The Labute approximate surface area is 144 Å². The van der Waals surface area contributed by atoms with Gasteiger partial charge in [-0.05, 0) is 30.3 Å². The number of benzene rings is 1. The molecule has 0 aliphatic heterocycles. The number of fused-ring (bicyclic) bond motifs is 3. The number of aryl methyl sites for hydroxylation is 1. The number of hydrogen-bond acceptors (Lipinski definition) is 3. The number of carboxylic acid groups (broad SMARTS) is 1. The molecule has 1 aromatic carbocycles. The maximum atomic E-state index is 12.8. The largest absolute Gasteiger partial charge is 0.478 e. The Morgan fingerprint density at radius 1 is 1.15 bits per heavy atom. The minimum absolute atomic E-state index is 0.117. The fraction of sp³-hybridized carbons (Fsp3) is 0.118. The van der Waals surface area contributed by atoms with Crippen LogP contribution >= 0.6 is 0 Å². The van der Waals surface area contributed by atoms with E-state index in [4.69, 9.17) is 0 Å².